The number of amides is 1. The van der Waals surface area contributed by atoms with Gasteiger partial charge in [0.25, 0.3) is 0 Å². The summed E-state index contributed by atoms with van der Waals surface area (Å²) in [6.45, 7) is 3.49. The lowest BCUT2D eigenvalue weighted by molar-refractivity contribution is -0.120. The number of rotatable bonds is 14. The third kappa shape index (κ3) is 8.94. The van der Waals surface area contributed by atoms with Crippen molar-refractivity contribution in [2.45, 2.75) is 44.1 Å². The minimum absolute atomic E-state index is 0.0608. The van der Waals surface area contributed by atoms with Crippen molar-refractivity contribution in [3.05, 3.63) is 141 Å². The number of aromatic amines is 1. The molecule has 274 valence electrons. The van der Waals surface area contributed by atoms with Crippen molar-refractivity contribution in [1.29, 1.82) is 0 Å². The van der Waals surface area contributed by atoms with Gasteiger partial charge in [-0.1, -0.05) is 72.8 Å². The quantitative estimate of drug-likeness (QED) is 0.105. The predicted molar refractivity (Wildman–Crippen MR) is 201 cm³/mol. The van der Waals surface area contributed by atoms with Gasteiger partial charge in [0.2, 0.25) is 5.56 Å². The fourth-order valence-electron chi connectivity index (χ4n) is 7.43. The minimum atomic E-state index is -0.882. The van der Waals surface area contributed by atoms with Crippen LogP contribution in [-0.4, -0.2) is 70.9 Å². The van der Waals surface area contributed by atoms with Crippen molar-refractivity contribution >= 4 is 22.8 Å². The lowest BCUT2D eigenvalue weighted by Crippen LogP contribution is -2.52. The number of fused-ring (bicyclic) bond motifs is 4. The molecular formula is C42H44N4O7. The van der Waals surface area contributed by atoms with Gasteiger partial charge in [0.1, 0.15) is 24.2 Å². The second-order valence-corrected chi connectivity index (χ2v) is 13.9. The molecule has 0 radical (unpaired) electrons. The lowest BCUT2D eigenvalue weighted by atomic mass is 9.86. The van der Waals surface area contributed by atoms with Crippen molar-refractivity contribution < 1.29 is 29.3 Å². The summed E-state index contributed by atoms with van der Waals surface area (Å²) in [6, 6.07) is 30.4. The Balaban J connectivity index is 0.926. The molecule has 1 amide bonds. The molecular weight excluding hydrogens is 672 g/mol. The maximum Gasteiger partial charge on any atom is 0.408 e. The van der Waals surface area contributed by atoms with Gasteiger partial charge in [-0.2, -0.15) is 0 Å². The number of Topliss-reactive ketones (excluding diaryl/α,β-unsaturated/α-hetero) is 1. The number of nitrogens with one attached hydrogen (secondary N) is 3. The Morgan fingerprint density at radius 1 is 0.887 bits per heavy atom. The molecule has 0 aliphatic carbocycles. The molecule has 0 spiro atoms. The van der Waals surface area contributed by atoms with Crippen molar-refractivity contribution in [1.82, 2.24) is 20.5 Å². The Morgan fingerprint density at radius 2 is 1.66 bits per heavy atom. The molecule has 4 heterocycles. The van der Waals surface area contributed by atoms with Gasteiger partial charge in [-0.25, -0.2) is 4.79 Å². The zero-order chi connectivity index (χ0) is 36.7. The number of phenols is 1. The average molecular weight is 717 g/mol. The highest BCUT2D eigenvalue weighted by molar-refractivity contribution is 5.87. The smallest absolute Gasteiger partial charge is 0.408 e. The number of carbonyl (C=O) groups is 2. The minimum Gasteiger partial charge on any atom is -0.506 e. The van der Waals surface area contributed by atoms with Gasteiger partial charge in [0, 0.05) is 37.5 Å². The summed E-state index contributed by atoms with van der Waals surface area (Å²) >= 11 is 0. The fraction of sp³-hybridized carbons (Fsp3) is 0.310. The van der Waals surface area contributed by atoms with Gasteiger partial charge in [-0.15, -0.1) is 0 Å². The number of aromatic nitrogens is 1. The predicted octanol–water partition coefficient (Wildman–Crippen LogP) is 5.16. The maximum atomic E-state index is 13.2. The third-order valence-electron chi connectivity index (χ3n) is 10.2. The monoisotopic (exact) mass is 716 g/mol. The van der Waals surface area contributed by atoms with E-state index in [0.717, 1.165) is 54.7 Å². The number of hydrogen-bond donors (Lipinski definition) is 5. The SMILES string of the molecule is O=C(COc1cccc([C@@H](NC(=O)O[C@H]2CN3CCC2CC3)c2ccccc2)c1)Cc1cccc(CNC[C@H](O)c2ccc(O)c3[nH]c(=O)ccc23)c1. The van der Waals surface area contributed by atoms with Crippen LogP contribution in [0.5, 0.6) is 11.5 Å². The molecule has 4 aromatic carbocycles. The second-order valence-electron chi connectivity index (χ2n) is 13.9. The number of ketones is 1. The van der Waals surface area contributed by atoms with E-state index in [-0.39, 0.29) is 48.3 Å². The molecule has 3 saturated heterocycles. The highest BCUT2D eigenvalue weighted by Crippen LogP contribution is 2.31. The van der Waals surface area contributed by atoms with Crippen LogP contribution in [0.15, 0.2) is 108 Å². The van der Waals surface area contributed by atoms with Crippen LogP contribution in [0, 0.1) is 5.92 Å². The number of carbonyl (C=O) groups excluding carboxylic acids is 2. The van der Waals surface area contributed by atoms with Crippen LogP contribution in [0.2, 0.25) is 0 Å². The Labute approximate surface area is 307 Å². The normalized spacial score (nSPS) is 19.0. The molecule has 2 bridgehead atoms. The highest BCUT2D eigenvalue weighted by Gasteiger charge is 2.37. The number of phenolic OH excluding ortho intramolecular Hbond substituents is 1. The first kappa shape index (κ1) is 35.9. The summed E-state index contributed by atoms with van der Waals surface area (Å²) < 4.78 is 11.9. The Bertz CT molecular complexity index is 2110. The summed E-state index contributed by atoms with van der Waals surface area (Å²) in [6.07, 6.45) is 0.863. The molecule has 5 N–H and O–H groups in total. The number of aliphatic hydroxyl groups excluding tert-OH is 1. The van der Waals surface area contributed by atoms with Gasteiger partial charge in [-0.3, -0.25) is 14.5 Å². The summed E-state index contributed by atoms with van der Waals surface area (Å²) in [7, 11) is 0. The number of nitrogens with zero attached hydrogens (tertiary/aromatic N) is 1. The van der Waals surface area contributed by atoms with Crippen LogP contribution in [0.25, 0.3) is 10.9 Å². The number of piperidine rings is 3. The van der Waals surface area contributed by atoms with Crippen molar-refractivity contribution in [3.8, 4) is 11.5 Å². The largest absolute Gasteiger partial charge is 0.506 e. The number of pyridine rings is 1. The Morgan fingerprint density at radius 3 is 2.45 bits per heavy atom. The summed E-state index contributed by atoms with van der Waals surface area (Å²) in [5, 5.41) is 27.9. The van der Waals surface area contributed by atoms with Crippen molar-refractivity contribution in [2.24, 2.45) is 5.92 Å². The van der Waals surface area contributed by atoms with E-state index < -0.39 is 18.2 Å². The zero-order valence-corrected chi connectivity index (χ0v) is 29.4. The van der Waals surface area contributed by atoms with Crippen LogP contribution in [-0.2, 0) is 22.5 Å². The number of alkyl carbamates (subject to hydrolysis) is 1. The number of aliphatic hydroxyl groups is 1. The molecule has 11 heteroatoms. The molecule has 0 unspecified atom stereocenters. The first-order chi connectivity index (χ1) is 25.8. The molecule has 8 rings (SSSR count). The highest BCUT2D eigenvalue weighted by atomic mass is 16.6. The first-order valence-corrected chi connectivity index (χ1v) is 18.1. The topological polar surface area (TPSA) is 153 Å². The number of hydrogen-bond acceptors (Lipinski definition) is 9. The molecule has 1 aromatic heterocycles. The van der Waals surface area contributed by atoms with E-state index in [1.807, 2.05) is 72.8 Å². The van der Waals surface area contributed by atoms with Gasteiger partial charge in [-0.05, 0) is 83.9 Å². The van der Waals surface area contributed by atoms with E-state index in [2.05, 4.69) is 20.5 Å². The second kappa shape index (κ2) is 16.5. The van der Waals surface area contributed by atoms with Gasteiger partial charge >= 0.3 is 6.09 Å². The van der Waals surface area contributed by atoms with Crippen LogP contribution in [0.1, 0.15) is 52.8 Å². The zero-order valence-electron chi connectivity index (χ0n) is 29.4. The van der Waals surface area contributed by atoms with Crippen LogP contribution in [0.3, 0.4) is 0 Å². The molecule has 3 fully saturated rings. The van der Waals surface area contributed by atoms with E-state index >= 15 is 0 Å². The molecule has 3 atom stereocenters. The number of benzene rings is 4. The number of ether oxygens (including phenoxy) is 2. The third-order valence-corrected chi connectivity index (χ3v) is 10.2. The number of H-pyrrole nitrogens is 1. The molecule has 11 nitrogen and oxygen atoms in total. The Hall–Kier alpha value is -5.49. The molecule has 3 aliphatic heterocycles. The van der Waals surface area contributed by atoms with Gasteiger partial charge < -0.3 is 35.3 Å². The van der Waals surface area contributed by atoms with E-state index in [4.69, 9.17) is 9.47 Å². The standard InChI is InChI=1S/C42H44N4O7/c47-32(21-27-6-4-7-28(20-27)23-43-24-37(49)34-12-14-36(48)41-35(34)13-15-39(50)44-41)26-52-33-11-5-10-31(22-33)40(30-8-2-1-3-9-30)45-42(51)53-38-25-46-18-16-29(38)17-19-46/h1-15,20,22,29,37-38,40,43,48-49H,16-19,21,23-26H2,(H,44,50)(H,45,51)/t37-,38-,40-/m0/s1. The molecule has 53 heavy (non-hydrogen) atoms. The van der Waals surface area contributed by atoms with E-state index in [0.29, 0.717) is 29.2 Å². The Kier molecular flexibility index (Phi) is 11.1. The van der Waals surface area contributed by atoms with Crippen LogP contribution >= 0.6 is 0 Å². The van der Waals surface area contributed by atoms with Crippen LogP contribution < -0.4 is 20.9 Å². The average Bonchev–Trinajstić information content (AvgIpc) is 3.17. The molecule has 5 aromatic rings. The van der Waals surface area contributed by atoms with E-state index in [1.165, 1.54) is 12.1 Å². The number of aromatic hydroxyl groups is 1. The molecule has 0 saturated carbocycles. The van der Waals surface area contributed by atoms with Crippen LogP contribution in [0.4, 0.5) is 4.79 Å². The van der Waals surface area contributed by atoms with Crippen molar-refractivity contribution in [2.75, 3.05) is 32.8 Å². The van der Waals surface area contributed by atoms with Gasteiger partial charge in [0.05, 0.1) is 17.7 Å². The summed E-state index contributed by atoms with van der Waals surface area (Å²) in [4.78, 5) is 42.9. The fourth-order valence-corrected chi connectivity index (χ4v) is 7.43. The van der Waals surface area contributed by atoms with Crippen molar-refractivity contribution in [3.63, 3.8) is 0 Å². The summed E-state index contributed by atoms with van der Waals surface area (Å²) in [5.74, 6) is 0.776. The lowest BCUT2D eigenvalue weighted by Gasteiger charge is -2.43. The first-order valence-electron chi connectivity index (χ1n) is 18.1. The molecule has 3 aliphatic rings. The van der Waals surface area contributed by atoms with E-state index in [9.17, 15) is 24.6 Å². The van der Waals surface area contributed by atoms with E-state index in [1.54, 1.807) is 18.2 Å². The maximum absolute atomic E-state index is 13.2. The van der Waals surface area contributed by atoms with Gasteiger partial charge in [0.15, 0.2) is 5.78 Å². The summed E-state index contributed by atoms with van der Waals surface area (Å²) in [5.41, 5.74) is 4.04.